The van der Waals surface area contributed by atoms with Crippen molar-refractivity contribution in [3.8, 4) is 11.5 Å². The molecular weight excluding hydrogens is 513 g/mol. The molecule has 0 atom stereocenters. The van der Waals surface area contributed by atoms with E-state index in [9.17, 15) is 4.79 Å². The highest BCUT2D eigenvalue weighted by Gasteiger charge is 2.24. The van der Waals surface area contributed by atoms with Crippen molar-refractivity contribution < 1.29 is 14.3 Å². The summed E-state index contributed by atoms with van der Waals surface area (Å²) in [5.74, 6) is 1.12. The number of aromatic nitrogens is 2. The molecule has 0 fully saturated rings. The fraction of sp³-hybridized carbons (Fsp3) is 0.136. The van der Waals surface area contributed by atoms with E-state index in [1.165, 1.54) is 11.3 Å². The van der Waals surface area contributed by atoms with Gasteiger partial charge in [0.25, 0.3) is 5.91 Å². The summed E-state index contributed by atoms with van der Waals surface area (Å²) in [6, 6.07) is 15.1. The van der Waals surface area contributed by atoms with Crippen LogP contribution in [0.1, 0.15) is 15.9 Å². The van der Waals surface area contributed by atoms with E-state index >= 15 is 0 Å². The number of methoxy groups -OCH3 is 2. The van der Waals surface area contributed by atoms with Crippen molar-refractivity contribution in [3.63, 3.8) is 0 Å². The second-order valence-electron chi connectivity index (χ2n) is 6.40. The van der Waals surface area contributed by atoms with E-state index in [-0.39, 0.29) is 5.91 Å². The van der Waals surface area contributed by atoms with Gasteiger partial charge >= 0.3 is 0 Å². The molecule has 6 nitrogen and oxygen atoms in total. The SMILES string of the molecule is COc1cc2nc(N(Cc3cccnc3)C(=O)c3ccccc3I)sc2cc1OC. The summed E-state index contributed by atoms with van der Waals surface area (Å²) in [7, 11) is 3.19. The highest BCUT2D eigenvalue weighted by atomic mass is 127. The van der Waals surface area contributed by atoms with E-state index in [1.54, 1.807) is 31.5 Å². The summed E-state index contributed by atoms with van der Waals surface area (Å²) in [6.45, 7) is 0.367. The third-order valence-electron chi connectivity index (χ3n) is 4.53. The van der Waals surface area contributed by atoms with Crippen LogP contribution < -0.4 is 14.4 Å². The van der Waals surface area contributed by atoms with Crippen molar-refractivity contribution in [3.05, 3.63) is 75.6 Å². The number of nitrogens with zero attached hydrogens (tertiary/aromatic N) is 3. The molecule has 0 saturated heterocycles. The van der Waals surface area contributed by atoms with Gasteiger partial charge in [-0.25, -0.2) is 4.98 Å². The molecule has 152 valence electrons. The Balaban J connectivity index is 1.81. The van der Waals surface area contributed by atoms with E-state index in [0.717, 1.165) is 19.4 Å². The molecule has 30 heavy (non-hydrogen) atoms. The first-order valence-corrected chi connectivity index (χ1v) is 11.0. The number of halogens is 1. The molecule has 0 aliphatic heterocycles. The highest BCUT2D eigenvalue weighted by molar-refractivity contribution is 14.1. The Morgan fingerprint density at radius 3 is 2.57 bits per heavy atom. The average molecular weight is 531 g/mol. The van der Waals surface area contributed by atoms with Gasteiger partial charge in [-0.2, -0.15) is 0 Å². The Bertz CT molecular complexity index is 1160. The minimum atomic E-state index is -0.109. The number of rotatable bonds is 6. The normalized spacial score (nSPS) is 10.8. The molecule has 0 aliphatic rings. The number of hydrogen-bond donors (Lipinski definition) is 0. The third kappa shape index (κ3) is 4.10. The molecular formula is C22H18IN3O3S. The van der Waals surface area contributed by atoms with Gasteiger partial charge in [0.1, 0.15) is 0 Å². The van der Waals surface area contributed by atoms with Crippen LogP contribution in [0.3, 0.4) is 0 Å². The highest BCUT2D eigenvalue weighted by Crippen LogP contribution is 2.38. The number of amides is 1. The summed E-state index contributed by atoms with van der Waals surface area (Å²) in [5.41, 5.74) is 2.31. The van der Waals surface area contributed by atoms with Gasteiger partial charge in [-0.3, -0.25) is 14.7 Å². The van der Waals surface area contributed by atoms with Crippen molar-refractivity contribution >= 4 is 55.2 Å². The first-order valence-electron chi connectivity index (χ1n) is 9.08. The number of pyridine rings is 1. The Morgan fingerprint density at radius 2 is 1.87 bits per heavy atom. The van der Waals surface area contributed by atoms with Crippen molar-refractivity contribution in [1.29, 1.82) is 0 Å². The number of benzene rings is 2. The number of hydrogen-bond acceptors (Lipinski definition) is 6. The van der Waals surface area contributed by atoms with E-state index in [0.29, 0.717) is 28.7 Å². The van der Waals surface area contributed by atoms with Gasteiger partial charge < -0.3 is 9.47 Å². The van der Waals surface area contributed by atoms with Crippen molar-refractivity contribution in [2.45, 2.75) is 6.54 Å². The smallest absolute Gasteiger partial charge is 0.261 e. The molecule has 0 bridgehead atoms. The van der Waals surface area contributed by atoms with Gasteiger partial charge in [0.05, 0.1) is 36.5 Å². The number of thiazole rings is 1. The average Bonchev–Trinajstić information content (AvgIpc) is 3.19. The van der Waals surface area contributed by atoms with Crippen LogP contribution in [0.5, 0.6) is 11.5 Å². The monoisotopic (exact) mass is 531 g/mol. The summed E-state index contributed by atoms with van der Waals surface area (Å²) in [4.78, 5) is 24.1. The molecule has 2 aromatic heterocycles. The molecule has 8 heteroatoms. The van der Waals surface area contributed by atoms with Crippen molar-refractivity contribution in [2.75, 3.05) is 19.1 Å². The second kappa shape index (κ2) is 8.97. The van der Waals surface area contributed by atoms with Crippen molar-refractivity contribution in [1.82, 2.24) is 9.97 Å². The van der Waals surface area contributed by atoms with E-state index in [1.807, 2.05) is 48.5 Å². The minimum absolute atomic E-state index is 0.109. The van der Waals surface area contributed by atoms with Gasteiger partial charge in [-0.1, -0.05) is 29.5 Å². The Hall–Kier alpha value is -2.72. The molecule has 0 radical (unpaired) electrons. The van der Waals surface area contributed by atoms with Crippen LogP contribution in [0.4, 0.5) is 5.13 Å². The predicted octanol–water partition coefficient (Wildman–Crippen LogP) is 5.16. The van der Waals surface area contributed by atoms with Crippen LogP contribution in [0.25, 0.3) is 10.2 Å². The minimum Gasteiger partial charge on any atom is -0.493 e. The summed E-state index contributed by atoms with van der Waals surface area (Å²) in [6.07, 6.45) is 3.47. The number of carbonyl (C=O) groups is 1. The number of ether oxygens (including phenoxy) is 2. The van der Waals surface area contributed by atoms with Crippen LogP contribution in [-0.4, -0.2) is 30.1 Å². The Labute approximate surface area is 191 Å². The molecule has 0 saturated carbocycles. The topological polar surface area (TPSA) is 64.5 Å². The first-order chi connectivity index (χ1) is 14.6. The molecule has 2 heterocycles. The molecule has 0 unspecified atom stereocenters. The number of carbonyl (C=O) groups excluding carboxylic acids is 1. The van der Waals surface area contributed by atoms with Crippen LogP contribution in [0, 0.1) is 3.57 Å². The molecule has 0 spiro atoms. The predicted molar refractivity (Wildman–Crippen MR) is 127 cm³/mol. The van der Waals surface area contributed by atoms with Gasteiger partial charge in [-0.15, -0.1) is 0 Å². The zero-order chi connectivity index (χ0) is 21.1. The van der Waals surface area contributed by atoms with Gasteiger partial charge in [0.2, 0.25) is 0 Å². The fourth-order valence-corrected chi connectivity index (χ4v) is 4.63. The lowest BCUT2D eigenvalue weighted by Gasteiger charge is -2.20. The number of fused-ring (bicyclic) bond motifs is 1. The number of anilines is 1. The van der Waals surface area contributed by atoms with Gasteiger partial charge in [0.15, 0.2) is 16.6 Å². The lowest BCUT2D eigenvalue weighted by atomic mass is 10.2. The summed E-state index contributed by atoms with van der Waals surface area (Å²) >= 11 is 3.62. The Morgan fingerprint density at radius 1 is 1.10 bits per heavy atom. The molecule has 2 aromatic carbocycles. The third-order valence-corrected chi connectivity index (χ3v) is 6.51. The largest absolute Gasteiger partial charge is 0.493 e. The molecule has 0 N–H and O–H groups in total. The van der Waals surface area contributed by atoms with E-state index in [4.69, 9.17) is 14.5 Å². The van der Waals surface area contributed by atoms with E-state index < -0.39 is 0 Å². The molecule has 4 rings (SSSR count). The lowest BCUT2D eigenvalue weighted by Crippen LogP contribution is -2.31. The molecule has 1 amide bonds. The van der Waals surface area contributed by atoms with Crippen LogP contribution in [0.15, 0.2) is 60.9 Å². The zero-order valence-electron chi connectivity index (χ0n) is 16.3. The summed E-state index contributed by atoms with van der Waals surface area (Å²) in [5, 5.41) is 0.605. The second-order valence-corrected chi connectivity index (χ2v) is 8.58. The zero-order valence-corrected chi connectivity index (χ0v) is 19.3. The maximum atomic E-state index is 13.5. The van der Waals surface area contributed by atoms with Crippen molar-refractivity contribution in [2.24, 2.45) is 0 Å². The van der Waals surface area contributed by atoms with Crippen LogP contribution in [0.2, 0.25) is 0 Å². The van der Waals surface area contributed by atoms with Crippen LogP contribution in [-0.2, 0) is 6.54 Å². The maximum Gasteiger partial charge on any atom is 0.261 e. The lowest BCUT2D eigenvalue weighted by molar-refractivity contribution is 0.0984. The maximum absolute atomic E-state index is 13.5. The van der Waals surface area contributed by atoms with E-state index in [2.05, 4.69) is 27.6 Å². The van der Waals surface area contributed by atoms with Gasteiger partial charge in [-0.05, 0) is 46.4 Å². The first kappa shape index (κ1) is 20.5. The fourth-order valence-electron chi connectivity index (χ4n) is 3.04. The molecule has 0 aliphatic carbocycles. The van der Waals surface area contributed by atoms with Crippen LogP contribution >= 0.6 is 33.9 Å². The molecule has 4 aromatic rings. The Kier molecular flexibility index (Phi) is 6.14. The summed E-state index contributed by atoms with van der Waals surface area (Å²) < 4.78 is 12.6. The van der Waals surface area contributed by atoms with Gasteiger partial charge in [0, 0.05) is 28.1 Å². The standard InChI is InChI=1S/C22H18IN3O3S/c1-28-18-10-17-20(11-19(18)29-2)30-22(25-17)26(13-14-6-5-9-24-12-14)21(27)15-7-3-4-8-16(15)23/h3-12H,13H2,1-2H3. The quantitative estimate of drug-likeness (QED) is 0.322.